The zero-order valence-corrected chi connectivity index (χ0v) is 9.57. The van der Waals surface area contributed by atoms with E-state index in [0.717, 1.165) is 0 Å². The Bertz CT molecular complexity index is 216. The molecule has 4 heteroatoms. The van der Waals surface area contributed by atoms with Crippen molar-refractivity contribution in [2.45, 2.75) is 39.9 Å². The molecule has 0 spiro atoms. The molecular weight excluding hydrogens is 180 g/mol. The first kappa shape index (κ1) is 11.5. The normalized spacial score (nSPS) is 28.2. The summed E-state index contributed by atoms with van der Waals surface area (Å²) in [7, 11) is 1.54. The fraction of sp³-hybridized carbons (Fsp3) is 0.900. The molecule has 0 aliphatic carbocycles. The summed E-state index contributed by atoms with van der Waals surface area (Å²) in [6, 6.07) is -0.109. The van der Waals surface area contributed by atoms with Crippen molar-refractivity contribution in [3.8, 4) is 0 Å². The van der Waals surface area contributed by atoms with Gasteiger partial charge >= 0.3 is 0 Å². The third-order valence-electron chi connectivity index (χ3n) is 2.58. The summed E-state index contributed by atoms with van der Waals surface area (Å²) in [5.74, 6) is 0.688. The molecule has 0 aromatic heterocycles. The second-order valence-electron chi connectivity index (χ2n) is 4.42. The number of hydrogen-bond donors (Lipinski definition) is 1. The Labute approximate surface area is 85.6 Å². The van der Waals surface area contributed by atoms with E-state index in [1.807, 2.05) is 13.8 Å². The molecule has 0 radical (unpaired) electrons. The molecule has 0 aromatic rings. The van der Waals surface area contributed by atoms with E-state index in [1.54, 1.807) is 0 Å². The zero-order chi connectivity index (χ0) is 10.9. The molecule has 14 heavy (non-hydrogen) atoms. The molecule has 1 rings (SSSR count). The molecule has 0 unspecified atom stereocenters. The average molecular weight is 200 g/mol. The van der Waals surface area contributed by atoms with Crippen molar-refractivity contribution in [1.82, 2.24) is 10.4 Å². The predicted octanol–water partition coefficient (Wildman–Crippen LogP) is 0.986. The Balaban J connectivity index is 2.78. The van der Waals surface area contributed by atoms with Gasteiger partial charge in [-0.25, -0.2) is 5.06 Å². The van der Waals surface area contributed by atoms with Gasteiger partial charge in [0, 0.05) is 0 Å². The highest BCUT2D eigenvalue weighted by atomic mass is 16.7. The SMILES string of the molecule is CON1C(=O)[C@H](C(C)C)N[C@H]1C(C)C. The van der Waals surface area contributed by atoms with E-state index in [-0.39, 0.29) is 18.1 Å². The summed E-state index contributed by atoms with van der Waals surface area (Å²) in [6.07, 6.45) is -0.0000926. The number of carbonyl (C=O) groups excluding carboxylic acids is 1. The molecule has 1 aliphatic rings. The van der Waals surface area contributed by atoms with Gasteiger partial charge in [-0.3, -0.25) is 14.9 Å². The van der Waals surface area contributed by atoms with Gasteiger partial charge in [0.25, 0.3) is 5.91 Å². The largest absolute Gasteiger partial charge is 0.283 e. The quantitative estimate of drug-likeness (QED) is 0.738. The molecule has 1 heterocycles. The lowest BCUT2D eigenvalue weighted by Crippen LogP contribution is -2.41. The van der Waals surface area contributed by atoms with Crippen LogP contribution in [0.3, 0.4) is 0 Å². The number of hydroxylamine groups is 2. The first-order valence-electron chi connectivity index (χ1n) is 5.12. The Morgan fingerprint density at radius 2 is 1.86 bits per heavy atom. The maximum Gasteiger partial charge on any atom is 0.265 e. The second-order valence-corrected chi connectivity index (χ2v) is 4.42. The van der Waals surface area contributed by atoms with Crippen LogP contribution < -0.4 is 5.32 Å². The van der Waals surface area contributed by atoms with Gasteiger partial charge in [-0.2, -0.15) is 0 Å². The number of nitrogens with zero attached hydrogens (tertiary/aromatic N) is 1. The first-order valence-corrected chi connectivity index (χ1v) is 5.12. The van der Waals surface area contributed by atoms with Gasteiger partial charge in [-0.1, -0.05) is 27.7 Å². The number of rotatable bonds is 3. The van der Waals surface area contributed by atoms with E-state index >= 15 is 0 Å². The van der Waals surface area contributed by atoms with Crippen molar-refractivity contribution in [2.24, 2.45) is 11.8 Å². The van der Waals surface area contributed by atoms with E-state index in [1.165, 1.54) is 12.2 Å². The summed E-state index contributed by atoms with van der Waals surface area (Å²) in [4.78, 5) is 16.9. The van der Waals surface area contributed by atoms with Crippen LogP contribution in [0.25, 0.3) is 0 Å². The lowest BCUT2D eigenvalue weighted by molar-refractivity contribution is -0.182. The minimum absolute atomic E-state index is 0.0000926. The van der Waals surface area contributed by atoms with Crippen LogP contribution in [-0.2, 0) is 9.63 Å². The van der Waals surface area contributed by atoms with Crippen molar-refractivity contribution in [2.75, 3.05) is 7.11 Å². The minimum Gasteiger partial charge on any atom is -0.283 e. The van der Waals surface area contributed by atoms with Crippen LogP contribution in [0.4, 0.5) is 0 Å². The van der Waals surface area contributed by atoms with E-state index in [4.69, 9.17) is 4.84 Å². The van der Waals surface area contributed by atoms with Gasteiger partial charge in [0.15, 0.2) is 0 Å². The Kier molecular flexibility index (Phi) is 3.50. The molecule has 4 nitrogen and oxygen atoms in total. The van der Waals surface area contributed by atoms with Gasteiger partial charge in [-0.15, -0.1) is 0 Å². The van der Waals surface area contributed by atoms with Gasteiger partial charge in [0.2, 0.25) is 0 Å². The summed E-state index contributed by atoms with van der Waals surface area (Å²) in [5, 5.41) is 4.75. The molecule has 2 atom stereocenters. The fourth-order valence-corrected chi connectivity index (χ4v) is 1.74. The average Bonchev–Trinajstić information content (AvgIpc) is 2.42. The number of nitrogens with one attached hydrogen (secondary N) is 1. The lowest BCUT2D eigenvalue weighted by atomic mass is 10.1. The molecule has 0 bridgehead atoms. The molecule has 1 fully saturated rings. The molecule has 82 valence electrons. The monoisotopic (exact) mass is 200 g/mol. The minimum atomic E-state index is -0.109. The second kappa shape index (κ2) is 4.28. The van der Waals surface area contributed by atoms with E-state index in [9.17, 15) is 4.79 Å². The van der Waals surface area contributed by atoms with Crippen molar-refractivity contribution < 1.29 is 9.63 Å². The lowest BCUT2D eigenvalue weighted by Gasteiger charge is -2.24. The van der Waals surface area contributed by atoms with E-state index in [2.05, 4.69) is 19.2 Å². The third-order valence-corrected chi connectivity index (χ3v) is 2.58. The first-order chi connectivity index (χ1) is 6.49. The molecule has 1 amide bonds. The Hall–Kier alpha value is -0.610. The maximum atomic E-state index is 11.8. The highest BCUT2D eigenvalue weighted by Crippen LogP contribution is 2.21. The molecule has 0 saturated carbocycles. The van der Waals surface area contributed by atoms with Gasteiger partial charge in [-0.05, 0) is 11.8 Å². The zero-order valence-electron chi connectivity index (χ0n) is 9.57. The Morgan fingerprint density at radius 1 is 1.29 bits per heavy atom. The predicted molar refractivity (Wildman–Crippen MR) is 54.2 cm³/mol. The maximum absolute atomic E-state index is 11.8. The van der Waals surface area contributed by atoms with Gasteiger partial charge in [0.1, 0.15) is 6.17 Å². The highest BCUT2D eigenvalue weighted by molar-refractivity contribution is 5.83. The summed E-state index contributed by atoms with van der Waals surface area (Å²) >= 11 is 0. The summed E-state index contributed by atoms with van der Waals surface area (Å²) in [6.45, 7) is 8.21. The number of hydrogen-bond acceptors (Lipinski definition) is 3. The number of amides is 1. The number of carbonyl (C=O) groups is 1. The molecule has 0 aromatic carbocycles. The fourth-order valence-electron chi connectivity index (χ4n) is 1.74. The standard InChI is InChI=1S/C10H20N2O2/c1-6(2)8-10(13)12(14-5)9(11-8)7(3)4/h6-9,11H,1-5H3/t8-,9+/m0/s1. The highest BCUT2D eigenvalue weighted by Gasteiger charge is 2.42. The van der Waals surface area contributed by atoms with Crippen LogP contribution in [0.1, 0.15) is 27.7 Å². The van der Waals surface area contributed by atoms with E-state index in [0.29, 0.717) is 11.8 Å². The smallest absolute Gasteiger partial charge is 0.265 e. The van der Waals surface area contributed by atoms with Crippen molar-refractivity contribution in [3.63, 3.8) is 0 Å². The topological polar surface area (TPSA) is 41.6 Å². The molecule has 1 aliphatic heterocycles. The van der Waals surface area contributed by atoms with Crippen LogP contribution in [0.15, 0.2) is 0 Å². The molecule has 1 saturated heterocycles. The van der Waals surface area contributed by atoms with Crippen molar-refractivity contribution >= 4 is 5.91 Å². The summed E-state index contributed by atoms with van der Waals surface area (Å²) in [5.41, 5.74) is 0. The van der Waals surface area contributed by atoms with Crippen LogP contribution in [-0.4, -0.2) is 30.3 Å². The van der Waals surface area contributed by atoms with Crippen LogP contribution in [0.2, 0.25) is 0 Å². The summed E-state index contributed by atoms with van der Waals surface area (Å²) < 4.78 is 0. The van der Waals surface area contributed by atoms with Crippen LogP contribution in [0.5, 0.6) is 0 Å². The molecular formula is C10H20N2O2. The van der Waals surface area contributed by atoms with Gasteiger partial charge in [0.05, 0.1) is 13.2 Å². The molecule has 1 N–H and O–H groups in total. The Morgan fingerprint density at radius 3 is 2.14 bits per heavy atom. The van der Waals surface area contributed by atoms with Gasteiger partial charge < -0.3 is 0 Å². The van der Waals surface area contributed by atoms with Crippen LogP contribution in [0, 0.1) is 11.8 Å². The van der Waals surface area contributed by atoms with Crippen molar-refractivity contribution in [3.05, 3.63) is 0 Å². The third kappa shape index (κ3) is 1.91. The van der Waals surface area contributed by atoms with E-state index < -0.39 is 0 Å². The van der Waals surface area contributed by atoms with Crippen molar-refractivity contribution in [1.29, 1.82) is 0 Å². The van der Waals surface area contributed by atoms with Crippen LogP contribution >= 0.6 is 0 Å².